The number of carboxylic acid groups (broad SMARTS) is 1. The number of rotatable bonds is 3. The molecule has 0 aliphatic carbocycles. The average molecular weight is 246 g/mol. The van der Waals surface area contributed by atoms with Gasteiger partial charge in [-0.15, -0.1) is 0 Å². The summed E-state index contributed by atoms with van der Waals surface area (Å²) < 4.78 is 5.56. The van der Waals surface area contributed by atoms with Gasteiger partial charge in [-0.2, -0.15) is 0 Å². The molecule has 0 aliphatic heterocycles. The van der Waals surface area contributed by atoms with Crippen molar-refractivity contribution in [2.45, 2.75) is 6.10 Å². The van der Waals surface area contributed by atoms with E-state index in [1.165, 1.54) is 13.3 Å². The van der Waals surface area contributed by atoms with Gasteiger partial charge in [0, 0.05) is 17.8 Å². The van der Waals surface area contributed by atoms with Gasteiger partial charge in [-0.05, 0) is 28.1 Å². The second-order valence-corrected chi connectivity index (χ2v) is 3.27. The number of halogens is 1. The van der Waals surface area contributed by atoms with Crippen LogP contribution < -0.4 is 0 Å². The molecule has 13 heavy (non-hydrogen) atoms. The molecule has 0 radical (unpaired) electrons. The highest BCUT2D eigenvalue weighted by Gasteiger charge is 2.19. The van der Waals surface area contributed by atoms with Gasteiger partial charge in [-0.3, -0.25) is 4.98 Å². The van der Waals surface area contributed by atoms with Crippen molar-refractivity contribution < 1.29 is 14.6 Å². The van der Waals surface area contributed by atoms with Crippen LogP contribution in [0.4, 0.5) is 0 Å². The third-order valence-corrected chi connectivity index (χ3v) is 1.95. The lowest BCUT2D eigenvalue weighted by Crippen LogP contribution is -2.14. The molecule has 1 rings (SSSR count). The molecule has 1 unspecified atom stereocenters. The lowest BCUT2D eigenvalue weighted by molar-refractivity contribution is -0.149. The van der Waals surface area contributed by atoms with Crippen LogP contribution in [0.1, 0.15) is 11.8 Å². The van der Waals surface area contributed by atoms with Gasteiger partial charge in [-0.1, -0.05) is 0 Å². The van der Waals surface area contributed by atoms with Gasteiger partial charge < -0.3 is 9.84 Å². The summed E-state index contributed by atoms with van der Waals surface area (Å²) in [6, 6.07) is 3.32. The number of aromatic nitrogens is 1. The van der Waals surface area contributed by atoms with E-state index in [1.54, 1.807) is 12.1 Å². The van der Waals surface area contributed by atoms with E-state index < -0.39 is 12.1 Å². The Labute approximate surface area is 83.7 Å². The minimum Gasteiger partial charge on any atom is -0.479 e. The first kappa shape index (κ1) is 10.1. The predicted molar refractivity (Wildman–Crippen MR) is 49.3 cm³/mol. The minimum atomic E-state index is -1.04. The fourth-order valence-corrected chi connectivity index (χ4v) is 1.12. The number of ether oxygens (including phenoxy) is 1. The van der Waals surface area contributed by atoms with E-state index >= 15 is 0 Å². The molecular weight excluding hydrogens is 238 g/mol. The van der Waals surface area contributed by atoms with E-state index in [-0.39, 0.29) is 0 Å². The molecule has 1 aromatic rings. The smallest absolute Gasteiger partial charge is 0.339 e. The number of methoxy groups -OCH3 is 1. The molecule has 0 aromatic carbocycles. The standard InChI is InChI=1S/C8H8BrNO3/c1-13-7(8(11)12)6-3-2-5(9)4-10-6/h2-4,7H,1H3,(H,11,12). The highest BCUT2D eigenvalue weighted by Crippen LogP contribution is 2.16. The third-order valence-electron chi connectivity index (χ3n) is 1.48. The fraction of sp³-hybridized carbons (Fsp3) is 0.250. The highest BCUT2D eigenvalue weighted by molar-refractivity contribution is 9.10. The Morgan fingerprint density at radius 1 is 1.69 bits per heavy atom. The van der Waals surface area contributed by atoms with Gasteiger partial charge in [0.25, 0.3) is 0 Å². The Kier molecular flexibility index (Phi) is 3.39. The Morgan fingerprint density at radius 2 is 2.38 bits per heavy atom. The van der Waals surface area contributed by atoms with Crippen LogP contribution in [-0.2, 0) is 9.53 Å². The van der Waals surface area contributed by atoms with Crippen molar-refractivity contribution >= 4 is 21.9 Å². The van der Waals surface area contributed by atoms with Crippen LogP contribution in [-0.4, -0.2) is 23.2 Å². The van der Waals surface area contributed by atoms with Gasteiger partial charge in [-0.25, -0.2) is 4.79 Å². The second kappa shape index (κ2) is 4.34. The molecule has 0 fully saturated rings. The molecule has 1 aromatic heterocycles. The zero-order valence-electron chi connectivity index (χ0n) is 6.90. The summed E-state index contributed by atoms with van der Waals surface area (Å²) in [6.45, 7) is 0. The Morgan fingerprint density at radius 3 is 2.77 bits per heavy atom. The van der Waals surface area contributed by atoms with Gasteiger partial charge in [0.05, 0.1) is 5.69 Å². The largest absolute Gasteiger partial charge is 0.479 e. The molecule has 1 N–H and O–H groups in total. The molecule has 0 saturated heterocycles. The van der Waals surface area contributed by atoms with E-state index in [9.17, 15) is 4.79 Å². The zero-order valence-corrected chi connectivity index (χ0v) is 8.48. The Hall–Kier alpha value is -0.940. The van der Waals surface area contributed by atoms with Gasteiger partial charge in [0.2, 0.25) is 0 Å². The lowest BCUT2D eigenvalue weighted by atomic mass is 10.2. The van der Waals surface area contributed by atoms with E-state index in [0.717, 1.165) is 4.47 Å². The maximum Gasteiger partial charge on any atom is 0.339 e. The summed E-state index contributed by atoms with van der Waals surface area (Å²) in [5.74, 6) is -1.04. The Balaban J connectivity index is 2.92. The number of nitrogens with zero attached hydrogens (tertiary/aromatic N) is 1. The molecule has 4 nitrogen and oxygen atoms in total. The van der Waals surface area contributed by atoms with Crippen molar-refractivity contribution in [3.05, 3.63) is 28.5 Å². The SMILES string of the molecule is COC(C(=O)O)c1ccc(Br)cn1. The van der Waals surface area contributed by atoms with Crippen LogP contribution >= 0.6 is 15.9 Å². The first-order valence-electron chi connectivity index (χ1n) is 3.52. The van der Waals surface area contributed by atoms with Crippen molar-refractivity contribution in [1.29, 1.82) is 0 Å². The number of carbonyl (C=O) groups is 1. The number of hydrogen-bond donors (Lipinski definition) is 1. The summed E-state index contributed by atoms with van der Waals surface area (Å²) in [6.07, 6.45) is 0.540. The summed E-state index contributed by atoms with van der Waals surface area (Å²) >= 11 is 3.20. The van der Waals surface area contributed by atoms with Crippen molar-refractivity contribution in [1.82, 2.24) is 4.98 Å². The van der Waals surface area contributed by atoms with Crippen LogP contribution in [0.2, 0.25) is 0 Å². The first-order valence-corrected chi connectivity index (χ1v) is 4.31. The number of aliphatic carboxylic acids is 1. The third kappa shape index (κ3) is 2.50. The van der Waals surface area contributed by atoms with Crippen LogP contribution in [0.15, 0.2) is 22.8 Å². The van der Waals surface area contributed by atoms with Crippen molar-refractivity contribution in [3.8, 4) is 0 Å². The van der Waals surface area contributed by atoms with E-state index in [2.05, 4.69) is 20.9 Å². The maximum atomic E-state index is 10.6. The molecule has 1 atom stereocenters. The second-order valence-electron chi connectivity index (χ2n) is 2.36. The van der Waals surface area contributed by atoms with Crippen LogP contribution in [0.25, 0.3) is 0 Å². The normalized spacial score (nSPS) is 12.5. The molecule has 1 heterocycles. The highest BCUT2D eigenvalue weighted by atomic mass is 79.9. The molecule has 0 spiro atoms. The first-order chi connectivity index (χ1) is 6.15. The van der Waals surface area contributed by atoms with Crippen molar-refractivity contribution in [2.75, 3.05) is 7.11 Å². The maximum absolute atomic E-state index is 10.6. The fourth-order valence-electron chi connectivity index (χ4n) is 0.890. The number of hydrogen-bond acceptors (Lipinski definition) is 3. The predicted octanol–water partition coefficient (Wildman–Crippen LogP) is 1.62. The van der Waals surface area contributed by atoms with Gasteiger partial charge >= 0.3 is 5.97 Å². The van der Waals surface area contributed by atoms with Crippen LogP contribution in [0, 0.1) is 0 Å². The summed E-state index contributed by atoms with van der Waals surface area (Å²) in [7, 11) is 1.34. The zero-order chi connectivity index (χ0) is 9.84. The Bertz CT molecular complexity index is 299. The van der Waals surface area contributed by atoms with E-state index in [4.69, 9.17) is 9.84 Å². The molecular formula is C8H8BrNO3. The number of carboxylic acids is 1. The van der Waals surface area contributed by atoms with Crippen molar-refractivity contribution in [2.24, 2.45) is 0 Å². The topological polar surface area (TPSA) is 59.4 Å². The van der Waals surface area contributed by atoms with Gasteiger partial charge in [0.15, 0.2) is 6.10 Å². The van der Waals surface area contributed by atoms with Crippen molar-refractivity contribution in [3.63, 3.8) is 0 Å². The molecule has 0 aliphatic rings. The summed E-state index contributed by atoms with van der Waals surface area (Å²) in [5, 5.41) is 8.72. The quantitative estimate of drug-likeness (QED) is 0.880. The molecule has 70 valence electrons. The van der Waals surface area contributed by atoms with E-state index in [0.29, 0.717) is 5.69 Å². The minimum absolute atomic E-state index is 0.387. The molecule has 0 saturated carbocycles. The van der Waals surface area contributed by atoms with Gasteiger partial charge in [0.1, 0.15) is 0 Å². The monoisotopic (exact) mass is 245 g/mol. The molecule has 0 bridgehead atoms. The lowest BCUT2D eigenvalue weighted by Gasteiger charge is -2.08. The molecule has 0 amide bonds. The van der Waals surface area contributed by atoms with Crippen LogP contribution in [0.5, 0.6) is 0 Å². The van der Waals surface area contributed by atoms with E-state index in [1.807, 2.05) is 0 Å². The number of pyridine rings is 1. The summed E-state index contributed by atoms with van der Waals surface area (Å²) in [5.41, 5.74) is 0.387. The summed E-state index contributed by atoms with van der Waals surface area (Å²) in [4.78, 5) is 14.6. The average Bonchev–Trinajstić information content (AvgIpc) is 2.09. The van der Waals surface area contributed by atoms with Crippen LogP contribution in [0.3, 0.4) is 0 Å². The molecule has 5 heteroatoms.